The summed E-state index contributed by atoms with van der Waals surface area (Å²) in [7, 11) is 0. The zero-order valence-electron chi connectivity index (χ0n) is 18.7. The van der Waals surface area contributed by atoms with Gasteiger partial charge in [0.15, 0.2) is 6.10 Å². The second kappa shape index (κ2) is 9.41. The summed E-state index contributed by atoms with van der Waals surface area (Å²) in [5.41, 5.74) is 1.90. The van der Waals surface area contributed by atoms with Gasteiger partial charge >= 0.3 is 0 Å². The maximum Gasteiger partial charge on any atom is 0.263 e. The van der Waals surface area contributed by atoms with E-state index in [1.165, 1.54) is 17.7 Å². The molecule has 0 aromatic heterocycles. The molecule has 1 aliphatic rings. The van der Waals surface area contributed by atoms with Gasteiger partial charge in [0.05, 0.1) is 0 Å². The van der Waals surface area contributed by atoms with Crippen molar-refractivity contribution in [3.8, 4) is 11.5 Å². The Morgan fingerprint density at radius 3 is 2.16 bits per heavy atom. The first-order chi connectivity index (χ1) is 14.6. The van der Waals surface area contributed by atoms with E-state index in [2.05, 4.69) is 26.1 Å². The van der Waals surface area contributed by atoms with Crippen LogP contribution in [0.5, 0.6) is 11.5 Å². The highest BCUT2D eigenvalue weighted by atomic mass is 16.5. The zero-order valence-corrected chi connectivity index (χ0v) is 18.7. The SMILES string of the molecule is CC(Oc1ccc(O)cc1)C(=O)N1CCC(NC(=O)c2ccc(C(C)(C)C)cc2)CC1. The van der Waals surface area contributed by atoms with Gasteiger partial charge in [0, 0.05) is 24.7 Å². The quantitative estimate of drug-likeness (QED) is 0.764. The van der Waals surface area contributed by atoms with Crippen LogP contribution >= 0.6 is 0 Å². The lowest BCUT2D eigenvalue weighted by atomic mass is 9.86. The van der Waals surface area contributed by atoms with Crippen molar-refractivity contribution < 1.29 is 19.4 Å². The largest absolute Gasteiger partial charge is 0.508 e. The molecule has 0 spiro atoms. The Morgan fingerprint density at radius 1 is 1.03 bits per heavy atom. The summed E-state index contributed by atoms with van der Waals surface area (Å²) >= 11 is 0. The van der Waals surface area contributed by atoms with Gasteiger partial charge in [-0.25, -0.2) is 0 Å². The number of likely N-dealkylation sites (tertiary alicyclic amines) is 1. The van der Waals surface area contributed by atoms with Gasteiger partial charge in [0.25, 0.3) is 11.8 Å². The monoisotopic (exact) mass is 424 g/mol. The molecule has 0 bridgehead atoms. The van der Waals surface area contributed by atoms with E-state index in [1.54, 1.807) is 24.0 Å². The number of rotatable bonds is 5. The second-order valence-electron chi connectivity index (χ2n) is 9.15. The van der Waals surface area contributed by atoms with Gasteiger partial charge in [-0.05, 0) is 67.1 Å². The third-order valence-corrected chi connectivity index (χ3v) is 5.65. The molecule has 2 amide bonds. The smallest absolute Gasteiger partial charge is 0.263 e. The molecule has 1 unspecified atom stereocenters. The highest BCUT2D eigenvalue weighted by Gasteiger charge is 2.28. The molecule has 6 heteroatoms. The number of carbonyl (C=O) groups excluding carboxylic acids is 2. The van der Waals surface area contributed by atoms with Crippen molar-refractivity contribution in [3.63, 3.8) is 0 Å². The summed E-state index contributed by atoms with van der Waals surface area (Å²) in [5.74, 6) is 0.545. The van der Waals surface area contributed by atoms with Crippen LogP contribution in [0, 0.1) is 0 Å². The van der Waals surface area contributed by atoms with Gasteiger partial charge in [-0.1, -0.05) is 32.9 Å². The van der Waals surface area contributed by atoms with E-state index in [-0.39, 0.29) is 29.0 Å². The zero-order chi connectivity index (χ0) is 22.6. The van der Waals surface area contributed by atoms with Crippen molar-refractivity contribution in [2.75, 3.05) is 13.1 Å². The van der Waals surface area contributed by atoms with E-state index in [4.69, 9.17) is 4.74 Å². The van der Waals surface area contributed by atoms with Crippen LogP contribution in [0.25, 0.3) is 0 Å². The third kappa shape index (κ3) is 6.00. The first-order valence-corrected chi connectivity index (χ1v) is 10.8. The maximum absolute atomic E-state index is 12.7. The standard InChI is InChI=1S/C25H32N2O4/c1-17(31-22-11-9-21(28)10-12-22)24(30)27-15-13-20(14-16-27)26-23(29)18-5-7-19(8-6-18)25(2,3)4/h5-12,17,20,28H,13-16H2,1-4H3,(H,26,29). The second-order valence-corrected chi connectivity index (χ2v) is 9.15. The number of nitrogens with one attached hydrogen (secondary N) is 1. The number of ether oxygens (including phenoxy) is 1. The first kappa shape index (κ1) is 22.7. The number of hydrogen-bond acceptors (Lipinski definition) is 4. The van der Waals surface area contributed by atoms with Crippen LogP contribution in [-0.4, -0.2) is 47.1 Å². The predicted octanol–water partition coefficient (Wildman–Crippen LogP) is 3.88. The molecular formula is C25H32N2O4. The Labute approximate surface area is 184 Å². The third-order valence-electron chi connectivity index (χ3n) is 5.65. The van der Waals surface area contributed by atoms with Crippen molar-refractivity contribution in [2.24, 2.45) is 0 Å². The van der Waals surface area contributed by atoms with Gasteiger partial charge in [-0.3, -0.25) is 9.59 Å². The summed E-state index contributed by atoms with van der Waals surface area (Å²) in [6.45, 7) is 9.32. The Hall–Kier alpha value is -3.02. The van der Waals surface area contributed by atoms with Crippen LogP contribution in [0.2, 0.25) is 0 Å². The number of piperidine rings is 1. The number of carbonyl (C=O) groups is 2. The summed E-state index contributed by atoms with van der Waals surface area (Å²) in [5, 5.41) is 12.4. The average Bonchev–Trinajstić information content (AvgIpc) is 2.75. The fourth-order valence-electron chi connectivity index (χ4n) is 3.67. The minimum Gasteiger partial charge on any atom is -0.508 e. The minimum atomic E-state index is -0.614. The molecule has 2 aromatic rings. The number of phenols is 1. The number of phenolic OH excluding ortho intramolecular Hbond substituents is 1. The molecule has 0 saturated carbocycles. The molecule has 166 valence electrons. The predicted molar refractivity (Wildman–Crippen MR) is 120 cm³/mol. The fourth-order valence-corrected chi connectivity index (χ4v) is 3.67. The Kier molecular flexibility index (Phi) is 6.88. The molecule has 0 aliphatic carbocycles. The number of benzene rings is 2. The van der Waals surface area contributed by atoms with Gasteiger partial charge in [-0.15, -0.1) is 0 Å². The van der Waals surface area contributed by atoms with Crippen molar-refractivity contribution in [3.05, 3.63) is 59.7 Å². The Balaban J connectivity index is 1.48. The molecular weight excluding hydrogens is 392 g/mol. The van der Waals surface area contributed by atoms with Crippen molar-refractivity contribution >= 4 is 11.8 Å². The van der Waals surface area contributed by atoms with Crippen LogP contribution in [0.1, 0.15) is 56.5 Å². The summed E-state index contributed by atoms with van der Waals surface area (Å²) < 4.78 is 5.69. The van der Waals surface area contributed by atoms with Crippen LogP contribution in [0.3, 0.4) is 0 Å². The molecule has 1 aliphatic heterocycles. The molecule has 31 heavy (non-hydrogen) atoms. The number of hydrogen-bond donors (Lipinski definition) is 2. The van der Waals surface area contributed by atoms with Crippen LogP contribution in [-0.2, 0) is 10.2 Å². The van der Waals surface area contributed by atoms with Crippen molar-refractivity contribution in [2.45, 2.75) is 58.1 Å². The minimum absolute atomic E-state index is 0.0483. The maximum atomic E-state index is 12.7. The topological polar surface area (TPSA) is 78.9 Å². The van der Waals surface area contributed by atoms with Gasteiger partial charge < -0.3 is 20.1 Å². The van der Waals surface area contributed by atoms with E-state index in [0.717, 1.165) is 0 Å². The van der Waals surface area contributed by atoms with E-state index in [0.29, 0.717) is 37.2 Å². The lowest BCUT2D eigenvalue weighted by molar-refractivity contribution is -0.139. The highest BCUT2D eigenvalue weighted by Crippen LogP contribution is 2.22. The number of aromatic hydroxyl groups is 1. The van der Waals surface area contributed by atoms with Crippen molar-refractivity contribution in [1.29, 1.82) is 0 Å². The van der Waals surface area contributed by atoms with E-state index in [9.17, 15) is 14.7 Å². The average molecular weight is 425 g/mol. The molecule has 1 heterocycles. The highest BCUT2D eigenvalue weighted by molar-refractivity contribution is 5.94. The van der Waals surface area contributed by atoms with Crippen molar-refractivity contribution in [1.82, 2.24) is 10.2 Å². The summed E-state index contributed by atoms with van der Waals surface area (Å²) in [4.78, 5) is 27.1. The lowest BCUT2D eigenvalue weighted by Gasteiger charge is -2.34. The normalized spacial score (nSPS) is 15.9. The first-order valence-electron chi connectivity index (χ1n) is 10.8. The molecule has 1 saturated heterocycles. The Bertz CT molecular complexity index is 893. The van der Waals surface area contributed by atoms with Crippen LogP contribution in [0.4, 0.5) is 0 Å². The Morgan fingerprint density at radius 2 is 1.61 bits per heavy atom. The molecule has 2 aromatic carbocycles. The van der Waals surface area contributed by atoms with Crippen LogP contribution in [0.15, 0.2) is 48.5 Å². The van der Waals surface area contributed by atoms with Gasteiger partial charge in [0.2, 0.25) is 0 Å². The summed E-state index contributed by atoms with van der Waals surface area (Å²) in [6.07, 6.45) is 0.810. The van der Waals surface area contributed by atoms with Crippen LogP contribution < -0.4 is 10.1 Å². The van der Waals surface area contributed by atoms with Gasteiger partial charge in [-0.2, -0.15) is 0 Å². The van der Waals surface area contributed by atoms with Gasteiger partial charge in [0.1, 0.15) is 11.5 Å². The molecule has 0 radical (unpaired) electrons. The van der Waals surface area contributed by atoms with E-state index in [1.807, 2.05) is 24.3 Å². The summed E-state index contributed by atoms with van der Waals surface area (Å²) in [6, 6.07) is 14.1. The number of nitrogens with zero attached hydrogens (tertiary/aromatic N) is 1. The number of amides is 2. The molecule has 2 N–H and O–H groups in total. The fraction of sp³-hybridized carbons (Fsp3) is 0.440. The molecule has 1 atom stereocenters. The molecule has 6 nitrogen and oxygen atoms in total. The lowest BCUT2D eigenvalue weighted by Crippen LogP contribution is -2.49. The molecule has 1 fully saturated rings. The van der Waals surface area contributed by atoms with E-state index >= 15 is 0 Å². The molecule has 3 rings (SSSR count). The van der Waals surface area contributed by atoms with E-state index < -0.39 is 6.10 Å².